The molecule has 8 heteroatoms. The second-order valence-corrected chi connectivity index (χ2v) is 30.1. The van der Waals surface area contributed by atoms with Gasteiger partial charge in [0.2, 0.25) is 0 Å². The maximum absolute atomic E-state index is 5.54. The first-order chi connectivity index (χ1) is 23.7. The van der Waals surface area contributed by atoms with E-state index in [9.17, 15) is 0 Å². The normalized spacial score (nSPS) is 12.6. The summed E-state index contributed by atoms with van der Waals surface area (Å²) in [5, 5.41) is 0. The van der Waals surface area contributed by atoms with E-state index in [4.69, 9.17) is 23.1 Å². The first-order valence-corrected chi connectivity index (χ1v) is 29.4. The third kappa shape index (κ3) is 27.0. The molecular weight excluding hydrogens is 657 g/mol. The molecule has 0 fully saturated rings. The smallest absolute Gasteiger partial charge is 0.377 e. The Morgan fingerprint density at radius 3 is 1.08 bits per heavy atom. The molecule has 0 radical (unpaired) electrons. The van der Waals surface area contributed by atoms with Gasteiger partial charge in [-0.1, -0.05) is 203 Å². The van der Waals surface area contributed by atoms with Crippen molar-refractivity contribution in [2.24, 2.45) is 0 Å². The zero-order valence-electron chi connectivity index (χ0n) is 33.7. The van der Waals surface area contributed by atoms with Crippen molar-refractivity contribution in [1.82, 2.24) is 0 Å². The largest absolute Gasteiger partial charge is 0.500 e. The second kappa shape index (κ2) is 30.2. The van der Waals surface area contributed by atoms with Gasteiger partial charge < -0.3 is 13.3 Å². The minimum Gasteiger partial charge on any atom is -0.377 e. The van der Waals surface area contributed by atoms with Gasteiger partial charge in [-0.3, -0.25) is 0 Å². The zero-order chi connectivity index (χ0) is 35.9. The zero-order valence-corrected chi connectivity index (χ0v) is 36.7. The molecule has 0 N–H and O–H groups in total. The van der Waals surface area contributed by atoms with Crippen molar-refractivity contribution in [2.45, 2.75) is 198 Å². The molecule has 0 bridgehead atoms. The van der Waals surface area contributed by atoms with Gasteiger partial charge in [0.25, 0.3) is 0 Å². The highest BCUT2D eigenvalue weighted by Crippen LogP contribution is 2.26. The van der Waals surface area contributed by atoms with Gasteiger partial charge in [-0.15, -0.1) is 0 Å². The van der Waals surface area contributed by atoms with E-state index in [2.05, 4.69) is 38.3 Å². The Bertz CT molecular complexity index is 843. The molecule has 0 amide bonds. The molecule has 288 valence electrons. The number of unbranched alkanes of at least 4 members (excludes halogenated alkanes) is 18. The number of benzene rings is 1. The predicted molar refractivity (Wildman–Crippen MR) is 220 cm³/mol. The van der Waals surface area contributed by atoms with Crippen LogP contribution in [0.15, 0.2) is 30.3 Å². The van der Waals surface area contributed by atoms with Crippen LogP contribution in [0, 0.1) is 0 Å². The summed E-state index contributed by atoms with van der Waals surface area (Å²) in [6, 6.07) is 17.3. The van der Waals surface area contributed by atoms with E-state index in [0.29, 0.717) is 13.2 Å². The fourth-order valence-electron chi connectivity index (χ4n) is 7.12. The molecule has 0 atom stereocenters. The van der Waals surface area contributed by atoms with Crippen LogP contribution in [0.5, 0.6) is 0 Å². The number of hydrogen-bond donors (Lipinski definition) is 0. The minimum atomic E-state index is -2.37. The molecule has 5 nitrogen and oxygen atoms in total. The van der Waals surface area contributed by atoms with Crippen LogP contribution in [0.1, 0.15) is 140 Å². The van der Waals surface area contributed by atoms with Gasteiger partial charge in [-0.25, -0.2) is 9.78 Å². The molecule has 0 aliphatic carbocycles. The Kier molecular flexibility index (Phi) is 28.7. The summed E-state index contributed by atoms with van der Waals surface area (Å²) in [5.74, 6) is 0. The predicted octanol–water partition coefficient (Wildman–Crippen LogP) is 13.6. The highest BCUT2D eigenvalue weighted by Gasteiger charge is 2.36. The van der Waals surface area contributed by atoms with Crippen molar-refractivity contribution in [2.75, 3.05) is 27.9 Å². The lowest BCUT2D eigenvalue weighted by Gasteiger charge is -2.24. The average Bonchev–Trinajstić information content (AvgIpc) is 3.09. The first kappa shape index (κ1) is 46.7. The van der Waals surface area contributed by atoms with Crippen LogP contribution in [0.25, 0.3) is 0 Å². The lowest BCUT2D eigenvalue weighted by molar-refractivity contribution is -0.304. The minimum absolute atomic E-state index is 0.536. The summed E-state index contributed by atoms with van der Waals surface area (Å²) in [6.45, 7) is 11.8. The highest BCUT2D eigenvalue weighted by molar-refractivity contribution is 6.77. The molecule has 0 saturated heterocycles. The van der Waals surface area contributed by atoms with Crippen molar-refractivity contribution < 1.29 is 23.1 Å². The number of hydrogen-bond acceptors (Lipinski definition) is 5. The van der Waals surface area contributed by atoms with Gasteiger partial charge in [0.05, 0.1) is 6.61 Å². The van der Waals surface area contributed by atoms with Gasteiger partial charge in [-0.2, -0.15) is 0 Å². The monoisotopic (exact) mass is 739 g/mol. The SMILES string of the molecule is CO[Si](CCCCCCCC[Si](C)(C)CCCCCCCC[Si](C)(C)CCCCCCCCCCCOOCc1ccccc1)(OC)OC. The number of rotatable bonds is 36. The van der Waals surface area contributed by atoms with Crippen LogP contribution in [-0.4, -0.2) is 52.9 Å². The molecule has 1 rings (SSSR count). The van der Waals surface area contributed by atoms with E-state index in [0.717, 1.165) is 24.4 Å². The molecule has 0 aliphatic heterocycles. The summed E-state index contributed by atoms with van der Waals surface area (Å²) < 4.78 is 16.6. The topological polar surface area (TPSA) is 46.2 Å². The van der Waals surface area contributed by atoms with Gasteiger partial charge in [0, 0.05) is 43.5 Å². The summed E-state index contributed by atoms with van der Waals surface area (Å²) in [6.07, 6.45) is 29.0. The molecule has 0 aliphatic rings. The fourth-order valence-corrected chi connectivity index (χ4v) is 14.2. The van der Waals surface area contributed by atoms with E-state index < -0.39 is 25.0 Å². The van der Waals surface area contributed by atoms with Crippen molar-refractivity contribution in [1.29, 1.82) is 0 Å². The fraction of sp³-hybridized carbons (Fsp3) is 0.854. The van der Waals surface area contributed by atoms with E-state index in [1.807, 2.05) is 18.2 Å². The molecule has 0 heterocycles. The molecule has 0 spiro atoms. The maximum atomic E-state index is 5.54. The maximum Gasteiger partial charge on any atom is 0.500 e. The average molecular weight is 739 g/mol. The van der Waals surface area contributed by atoms with Crippen LogP contribution in [0.2, 0.25) is 56.4 Å². The molecule has 1 aromatic carbocycles. The van der Waals surface area contributed by atoms with Crippen LogP contribution in [-0.2, 0) is 29.7 Å². The van der Waals surface area contributed by atoms with Crippen molar-refractivity contribution in [3.05, 3.63) is 35.9 Å². The lowest BCUT2D eigenvalue weighted by atomic mass is 10.1. The standard InChI is InChI=1S/C41H82O5Si3/c1-42-49(43-2,44-3)39-31-22-16-15-21-30-38-48(6,7)37-29-20-14-13-19-28-36-47(4,5)35-27-18-12-10-8-9-11-17-26-34-45-46-40-41-32-24-23-25-33-41/h23-25,32-33H,8-22,26-31,34-40H2,1-7H3. The third-order valence-corrected chi connectivity index (χ3v) is 20.4. The first-order valence-electron chi connectivity index (χ1n) is 20.6. The van der Waals surface area contributed by atoms with E-state index in [1.165, 1.54) is 140 Å². The molecular formula is C41H82O5Si3. The van der Waals surface area contributed by atoms with E-state index >= 15 is 0 Å². The summed E-state index contributed by atoms with van der Waals surface area (Å²) >= 11 is 0. The van der Waals surface area contributed by atoms with Gasteiger partial charge in [0.1, 0.15) is 6.61 Å². The Balaban J connectivity index is 1.86. The Labute approximate surface area is 308 Å². The molecule has 0 aromatic heterocycles. The van der Waals surface area contributed by atoms with Crippen LogP contribution in [0.3, 0.4) is 0 Å². The van der Waals surface area contributed by atoms with Crippen LogP contribution < -0.4 is 0 Å². The quantitative estimate of drug-likeness (QED) is 0.0297. The summed E-state index contributed by atoms with van der Waals surface area (Å²) in [7, 11) is 0.775. The highest BCUT2D eigenvalue weighted by atomic mass is 28.4. The van der Waals surface area contributed by atoms with Crippen molar-refractivity contribution in [3.63, 3.8) is 0 Å². The third-order valence-electron chi connectivity index (χ3n) is 10.7. The molecule has 0 unspecified atom stereocenters. The molecule has 0 saturated carbocycles. The van der Waals surface area contributed by atoms with E-state index in [-0.39, 0.29) is 0 Å². The van der Waals surface area contributed by atoms with Crippen LogP contribution >= 0.6 is 0 Å². The summed E-state index contributed by atoms with van der Waals surface area (Å²) in [5.41, 5.74) is 1.16. The van der Waals surface area contributed by atoms with Crippen LogP contribution in [0.4, 0.5) is 0 Å². The Morgan fingerprint density at radius 1 is 0.388 bits per heavy atom. The Hall–Kier alpha value is -0.329. The summed E-state index contributed by atoms with van der Waals surface area (Å²) in [4.78, 5) is 10.6. The van der Waals surface area contributed by atoms with Crippen molar-refractivity contribution in [3.8, 4) is 0 Å². The van der Waals surface area contributed by atoms with Crippen molar-refractivity contribution >= 4 is 25.0 Å². The van der Waals surface area contributed by atoms with Gasteiger partial charge >= 0.3 is 8.80 Å². The lowest BCUT2D eigenvalue weighted by Crippen LogP contribution is -2.42. The molecule has 49 heavy (non-hydrogen) atoms. The second-order valence-electron chi connectivity index (χ2n) is 16.4. The molecule has 1 aromatic rings. The Morgan fingerprint density at radius 2 is 0.714 bits per heavy atom. The van der Waals surface area contributed by atoms with E-state index in [1.54, 1.807) is 27.4 Å². The van der Waals surface area contributed by atoms with Gasteiger partial charge in [-0.05, 0) is 18.4 Å². The van der Waals surface area contributed by atoms with Gasteiger partial charge in [0.15, 0.2) is 0 Å².